The van der Waals surface area contributed by atoms with Crippen molar-refractivity contribution in [3.63, 3.8) is 0 Å². The minimum atomic E-state index is -0.704. The number of carbonyl (C=O) groups excluding carboxylic acids is 3. The van der Waals surface area contributed by atoms with Gasteiger partial charge < -0.3 is 19.9 Å². The molecule has 0 aromatic heterocycles. The lowest BCUT2D eigenvalue weighted by Gasteiger charge is -2.36. The van der Waals surface area contributed by atoms with Crippen molar-refractivity contribution in [1.82, 2.24) is 15.1 Å². The van der Waals surface area contributed by atoms with E-state index in [0.717, 1.165) is 37.4 Å². The molecular weight excluding hydrogens is 372 g/mol. The Morgan fingerprint density at radius 2 is 1.72 bits per heavy atom. The molecule has 1 saturated carbocycles. The molecule has 1 aromatic rings. The van der Waals surface area contributed by atoms with E-state index >= 15 is 0 Å². The standard InChI is InChI=1S/C21H28N4O4/c1-29-17-6-4-16(5-7-17)23-12-14-24(15-13-23)18(26)8-11-25-19(27)21(22-20(25)28)9-2-3-10-21/h4-7H,2-3,8-15H2,1H3,(H,22,28). The highest BCUT2D eigenvalue weighted by molar-refractivity contribution is 6.07. The Morgan fingerprint density at radius 1 is 1.07 bits per heavy atom. The van der Waals surface area contributed by atoms with Gasteiger partial charge in [0.15, 0.2) is 0 Å². The molecule has 0 unspecified atom stereocenters. The third-order valence-electron chi connectivity index (χ3n) is 6.32. The summed E-state index contributed by atoms with van der Waals surface area (Å²) < 4.78 is 5.19. The van der Waals surface area contributed by atoms with Gasteiger partial charge in [-0.3, -0.25) is 14.5 Å². The van der Waals surface area contributed by atoms with Crippen LogP contribution >= 0.6 is 0 Å². The average Bonchev–Trinajstić information content (AvgIpc) is 3.31. The maximum Gasteiger partial charge on any atom is 0.325 e. The zero-order valence-corrected chi connectivity index (χ0v) is 16.9. The van der Waals surface area contributed by atoms with E-state index in [9.17, 15) is 14.4 Å². The number of hydrogen-bond acceptors (Lipinski definition) is 5. The summed E-state index contributed by atoms with van der Waals surface area (Å²) in [5.74, 6) is 0.659. The van der Waals surface area contributed by atoms with Crippen LogP contribution in [0, 0.1) is 0 Å². The van der Waals surface area contributed by atoms with Crippen molar-refractivity contribution in [2.75, 3.05) is 44.7 Å². The van der Waals surface area contributed by atoms with Gasteiger partial charge in [0.2, 0.25) is 5.91 Å². The number of ether oxygens (including phenoxy) is 1. The summed E-state index contributed by atoms with van der Waals surface area (Å²) in [5, 5.41) is 2.86. The predicted octanol–water partition coefficient (Wildman–Crippen LogP) is 1.60. The normalized spacial score (nSPS) is 21.1. The van der Waals surface area contributed by atoms with Crippen LogP contribution in [-0.4, -0.2) is 73.0 Å². The maximum absolute atomic E-state index is 12.7. The molecule has 2 heterocycles. The molecule has 0 radical (unpaired) electrons. The lowest BCUT2D eigenvalue weighted by atomic mass is 9.98. The highest BCUT2D eigenvalue weighted by atomic mass is 16.5. The number of nitrogens with zero attached hydrogens (tertiary/aromatic N) is 3. The van der Waals surface area contributed by atoms with Gasteiger partial charge in [0, 0.05) is 44.8 Å². The summed E-state index contributed by atoms with van der Waals surface area (Å²) in [6, 6.07) is 7.55. The summed E-state index contributed by atoms with van der Waals surface area (Å²) in [7, 11) is 1.65. The fourth-order valence-electron chi connectivity index (χ4n) is 4.57. The van der Waals surface area contributed by atoms with Gasteiger partial charge in [-0.2, -0.15) is 0 Å². The Labute approximate surface area is 170 Å². The number of piperazine rings is 1. The lowest BCUT2D eigenvalue weighted by Crippen LogP contribution is -2.49. The fraction of sp³-hybridized carbons (Fsp3) is 0.571. The summed E-state index contributed by atoms with van der Waals surface area (Å²) in [6.07, 6.45) is 3.50. The highest BCUT2D eigenvalue weighted by Crippen LogP contribution is 2.35. The van der Waals surface area contributed by atoms with Crippen LogP contribution < -0.4 is 15.0 Å². The van der Waals surface area contributed by atoms with Crippen molar-refractivity contribution in [3.05, 3.63) is 24.3 Å². The van der Waals surface area contributed by atoms with Crippen molar-refractivity contribution in [3.8, 4) is 5.75 Å². The van der Waals surface area contributed by atoms with Crippen molar-refractivity contribution < 1.29 is 19.1 Å². The third-order valence-corrected chi connectivity index (χ3v) is 6.32. The number of methoxy groups -OCH3 is 1. The van der Waals surface area contributed by atoms with Gasteiger partial charge in [-0.15, -0.1) is 0 Å². The van der Waals surface area contributed by atoms with Gasteiger partial charge in [-0.25, -0.2) is 4.79 Å². The molecule has 4 rings (SSSR count). The van der Waals surface area contributed by atoms with E-state index in [4.69, 9.17) is 4.74 Å². The second kappa shape index (κ2) is 7.93. The summed E-state index contributed by atoms with van der Waals surface area (Å²) in [4.78, 5) is 42.8. The molecule has 29 heavy (non-hydrogen) atoms. The Morgan fingerprint density at radius 3 is 2.34 bits per heavy atom. The van der Waals surface area contributed by atoms with Gasteiger partial charge >= 0.3 is 6.03 Å². The van der Waals surface area contributed by atoms with E-state index < -0.39 is 5.54 Å². The molecule has 0 bridgehead atoms. The van der Waals surface area contributed by atoms with E-state index in [-0.39, 0.29) is 30.8 Å². The topological polar surface area (TPSA) is 82.2 Å². The van der Waals surface area contributed by atoms with Crippen LogP contribution in [0.15, 0.2) is 24.3 Å². The summed E-state index contributed by atoms with van der Waals surface area (Å²) >= 11 is 0. The Hall–Kier alpha value is -2.77. The number of rotatable bonds is 5. The molecule has 1 spiro atoms. The second-order valence-corrected chi connectivity index (χ2v) is 7.99. The summed E-state index contributed by atoms with van der Waals surface area (Å²) in [6.45, 7) is 2.93. The molecule has 1 N–H and O–H groups in total. The van der Waals surface area contributed by atoms with Gasteiger partial charge in [-0.1, -0.05) is 12.8 Å². The molecule has 1 aromatic carbocycles. The minimum Gasteiger partial charge on any atom is -0.497 e. The number of urea groups is 1. The quantitative estimate of drug-likeness (QED) is 0.760. The molecule has 3 aliphatic rings. The molecule has 8 nitrogen and oxygen atoms in total. The van der Waals surface area contributed by atoms with Gasteiger partial charge in [0.25, 0.3) is 5.91 Å². The molecule has 2 aliphatic heterocycles. The highest BCUT2D eigenvalue weighted by Gasteiger charge is 2.52. The van der Waals surface area contributed by atoms with E-state index in [1.165, 1.54) is 4.90 Å². The third kappa shape index (κ3) is 3.75. The fourth-order valence-corrected chi connectivity index (χ4v) is 4.57. The molecule has 8 heteroatoms. The van der Waals surface area contributed by atoms with Gasteiger partial charge in [0.1, 0.15) is 11.3 Å². The van der Waals surface area contributed by atoms with Crippen LogP contribution in [0.1, 0.15) is 32.1 Å². The van der Waals surface area contributed by atoms with Crippen LogP contribution in [0.3, 0.4) is 0 Å². The molecule has 2 saturated heterocycles. The number of nitrogens with one attached hydrogen (secondary N) is 1. The largest absolute Gasteiger partial charge is 0.497 e. The minimum absolute atomic E-state index is 0.00708. The smallest absolute Gasteiger partial charge is 0.325 e. The Kier molecular flexibility index (Phi) is 5.34. The van der Waals surface area contributed by atoms with Gasteiger partial charge in [-0.05, 0) is 37.1 Å². The average molecular weight is 400 g/mol. The maximum atomic E-state index is 12.7. The SMILES string of the molecule is COc1ccc(N2CCN(C(=O)CCN3C(=O)NC4(CCCC4)C3=O)CC2)cc1. The first-order valence-corrected chi connectivity index (χ1v) is 10.3. The second-order valence-electron chi connectivity index (χ2n) is 7.99. The van der Waals surface area contributed by atoms with E-state index in [1.54, 1.807) is 7.11 Å². The Balaban J connectivity index is 1.27. The summed E-state index contributed by atoms with van der Waals surface area (Å²) in [5.41, 5.74) is 0.406. The van der Waals surface area contributed by atoms with E-state index in [0.29, 0.717) is 25.9 Å². The Bertz CT molecular complexity index is 780. The molecule has 3 fully saturated rings. The molecule has 1 aliphatic carbocycles. The van der Waals surface area contributed by atoms with Crippen LogP contribution in [0.25, 0.3) is 0 Å². The van der Waals surface area contributed by atoms with Crippen molar-refractivity contribution in [2.24, 2.45) is 0 Å². The number of imide groups is 1. The lowest BCUT2D eigenvalue weighted by molar-refractivity contribution is -0.133. The van der Waals surface area contributed by atoms with Gasteiger partial charge in [0.05, 0.1) is 7.11 Å². The molecular formula is C21H28N4O4. The van der Waals surface area contributed by atoms with Crippen LogP contribution in [-0.2, 0) is 9.59 Å². The number of hydrogen-bond donors (Lipinski definition) is 1. The van der Waals surface area contributed by atoms with E-state index in [2.05, 4.69) is 10.2 Å². The number of carbonyl (C=O) groups is 3. The zero-order chi connectivity index (χ0) is 20.4. The van der Waals surface area contributed by atoms with Crippen LogP contribution in [0.2, 0.25) is 0 Å². The number of anilines is 1. The van der Waals surface area contributed by atoms with Crippen LogP contribution in [0.5, 0.6) is 5.75 Å². The molecule has 156 valence electrons. The molecule has 4 amide bonds. The van der Waals surface area contributed by atoms with Crippen molar-refractivity contribution >= 4 is 23.5 Å². The first kappa shape index (κ1) is 19.5. The zero-order valence-electron chi connectivity index (χ0n) is 16.9. The van der Waals surface area contributed by atoms with Crippen molar-refractivity contribution in [1.29, 1.82) is 0 Å². The first-order valence-electron chi connectivity index (χ1n) is 10.3. The monoisotopic (exact) mass is 400 g/mol. The van der Waals surface area contributed by atoms with E-state index in [1.807, 2.05) is 29.2 Å². The van der Waals surface area contributed by atoms with Crippen LogP contribution in [0.4, 0.5) is 10.5 Å². The van der Waals surface area contributed by atoms with Crippen molar-refractivity contribution in [2.45, 2.75) is 37.6 Å². The first-order chi connectivity index (χ1) is 14.0. The number of benzene rings is 1. The number of amides is 4. The molecule has 0 atom stereocenters. The predicted molar refractivity (Wildman–Crippen MR) is 108 cm³/mol.